The van der Waals surface area contributed by atoms with Crippen molar-refractivity contribution in [2.45, 2.75) is 58.4 Å². The Morgan fingerprint density at radius 3 is 2.58 bits per heavy atom. The molecule has 190 valence electrons. The first-order valence-corrected chi connectivity index (χ1v) is 12.1. The third-order valence-electron chi connectivity index (χ3n) is 6.30. The highest BCUT2D eigenvalue weighted by Crippen LogP contribution is 2.38. The summed E-state index contributed by atoms with van der Waals surface area (Å²) in [7, 11) is 0. The topological polar surface area (TPSA) is 105 Å². The quantitative estimate of drug-likeness (QED) is 0.631. The summed E-state index contributed by atoms with van der Waals surface area (Å²) in [5, 5.41) is 12.6. The number of hydrogen-bond acceptors (Lipinski definition) is 6. The average molecular weight is 495 g/mol. The molecule has 1 N–H and O–H groups in total. The van der Waals surface area contributed by atoms with Crippen molar-refractivity contribution in [2.75, 3.05) is 18.4 Å². The van der Waals surface area contributed by atoms with E-state index in [2.05, 4.69) is 16.4 Å². The number of amides is 2. The third kappa shape index (κ3) is 6.11. The van der Waals surface area contributed by atoms with Crippen LogP contribution in [0.25, 0.3) is 11.1 Å². The Morgan fingerprint density at radius 2 is 1.94 bits per heavy atom. The Balaban J connectivity index is 1.42. The lowest BCUT2D eigenvalue weighted by Crippen LogP contribution is -2.50. The molecule has 1 aliphatic carbocycles. The highest BCUT2D eigenvalue weighted by Gasteiger charge is 2.39. The van der Waals surface area contributed by atoms with E-state index in [4.69, 9.17) is 9.47 Å². The molecule has 2 aromatic rings. The second-order valence-electron chi connectivity index (χ2n) is 10.4. The molecule has 1 aromatic carbocycles. The van der Waals surface area contributed by atoms with Gasteiger partial charge >= 0.3 is 6.09 Å². The van der Waals surface area contributed by atoms with Crippen LogP contribution in [0.2, 0.25) is 0 Å². The fourth-order valence-corrected chi connectivity index (χ4v) is 4.16. The van der Waals surface area contributed by atoms with E-state index in [0.717, 1.165) is 17.5 Å². The highest BCUT2D eigenvalue weighted by atomic mass is 19.1. The summed E-state index contributed by atoms with van der Waals surface area (Å²) in [5.41, 5.74) is 1.13. The van der Waals surface area contributed by atoms with Gasteiger partial charge in [0.25, 0.3) is 0 Å². The molecular weight excluding hydrogens is 463 g/mol. The Labute approximate surface area is 210 Å². The van der Waals surface area contributed by atoms with Crippen LogP contribution in [0.3, 0.4) is 0 Å². The molecule has 8 nitrogen and oxygen atoms in total. The van der Waals surface area contributed by atoms with Gasteiger partial charge in [0.2, 0.25) is 5.91 Å². The maximum Gasteiger partial charge on any atom is 0.410 e. The fraction of sp³-hybridized carbons (Fsp3) is 0.481. The second kappa shape index (κ2) is 10.1. The van der Waals surface area contributed by atoms with Gasteiger partial charge in [-0.1, -0.05) is 13.0 Å². The number of benzene rings is 1. The average Bonchev–Trinajstić information content (AvgIpc) is 3.56. The number of nitrogens with one attached hydrogen (secondary N) is 1. The molecule has 2 unspecified atom stereocenters. The molecule has 4 atom stereocenters. The number of nitriles is 1. The van der Waals surface area contributed by atoms with E-state index in [1.54, 1.807) is 57.3 Å². The van der Waals surface area contributed by atoms with Gasteiger partial charge in [-0.3, -0.25) is 4.79 Å². The number of likely N-dealkylation sites (tertiary alicyclic amines) is 1. The number of piperidine rings is 1. The van der Waals surface area contributed by atoms with Gasteiger partial charge < -0.3 is 19.7 Å². The van der Waals surface area contributed by atoms with Crippen molar-refractivity contribution in [1.82, 2.24) is 9.88 Å². The molecule has 2 heterocycles. The predicted molar refractivity (Wildman–Crippen MR) is 132 cm³/mol. The molecule has 2 fully saturated rings. The molecule has 36 heavy (non-hydrogen) atoms. The maximum absolute atomic E-state index is 14.9. The zero-order chi connectivity index (χ0) is 26.0. The zero-order valence-corrected chi connectivity index (χ0v) is 21.0. The van der Waals surface area contributed by atoms with Gasteiger partial charge in [0, 0.05) is 25.1 Å². The first kappa shape index (κ1) is 25.4. The van der Waals surface area contributed by atoms with Gasteiger partial charge in [-0.2, -0.15) is 5.26 Å². The van der Waals surface area contributed by atoms with Crippen LogP contribution in [0.5, 0.6) is 5.75 Å². The first-order valence-electron chi connectivity index (χ1n) is 12.1. The molecule has 1 saturated carbocycles. The molecule has 1 saturated heterocycles. The van der Waals surface area contributed by atoms with E-state index < -0.39 is 24.0 Å². The number of nitrogens with zero attached hydrogens (tertiary/aromatic N) is 3. The van der Waals surface area contributed by atoms with Gasteiger partial charge in [-0.25, -0.2) is 14.2 Å². The zero-order valence-electron chi connectivity index (χ0n) is 21.0. The van der Waals surface area contributed by atoms with E-state index in [-0.39, 0.29) is 36.1 Å². The number of ether oxygens (including phenoxy) is 2. The number of halogens is 1. The van der Waals surface area contributed by atoms with Crippen LogP contribution < -0.4 is 10.1 Å². The van der Waals surface area contributed by atoms with Crippen molar-refractivity contribution in [3.8, 4) is 22.9 Å². The van der Waals surface area contributed by atoms with Crippen LogP contribution in [-0.4, -0.2) is 52.9 Å². The van der Waals surface area contributed by atoms with Crippen LogP contribution in [0, 0.1) is 23.2 Å². The molecule has 2 amide bonds. The van der Waals surface area contributed by atoms with Gasteiger partial charge in [0.1, 0.15) is 29.3 Å². The summed E-state index contributed by atoms with van der Waals surface area (Å²) in [5.74, 6) is 1.13. The van der Waals surface area contributed by atoms with E-state index in [9.17, 15) is 19.2 Å². The van der Waals surface area contributed by atoms with Crippen molar-refractivity contribution in [2.24, 2.45) is 11.8 Å². The minimum atomic E-state index is -1.42. The summed E-state index contributed by atoms with van der Waals surface area (Å²) in [6.45, 7) is 7.49. The van der Waals surface area contributed by atoms with Crippen molar-refractivity contribution in [1.29, 1.82) is 5.26 Å². The maximum atomic E-state index is 14.9. The number of carbonyl (C=O) groups is 2. The van der Waals surface area contributed by atoms with Crippen molar-refractivity contribution in [3.63, 3.8) is 0 Å². The minimum absolute atomic E-state index is 0.0346. The summed E-state index contributed by atoms with van der Waals surface area (Å²) in [6.07, 6.45) is 0.0137. The standard InChI is InChI=1S/C27H31FN4O4/c1-16-11-20(16)25(33)31-24-13-18(7-9-30-24)17-5-6-22(19(12-17)14-29)35-23-8-10-32(15-21(23)28)26(34)36-27(2,3)4/h5-7,9,12-13,16,20-21,23H,8,10-11,15H2,1-4H3,(H,30,31,33)/t16?,20?,21-,23+/m1/s1. The highest BCUT2D eigenvalue weighted by molar-refractivity contribution is 5.94. The van der Waals surface area contributed by atoms with Crippen LogP contribution in [0.1, 0.15) is 46.1 Å². The lowest BCUT2D eigenvalue weighted by Gasteiger charge is -2.35. The largest absolute Gasteiger partial charge is 0.486 e. The summed E-state index contributed by atoms with van der Waals surface area (Å²) < 4.78 is 26.1. The molecule has 1 aliphatic heterocycles. The smallest absolute Gasteiger partial charge is 0.410 e. The number of rotatable bonds is 5. The molecule has 1 aromatic heterocycles. The van der Waals surface area contributed by atoms with Gasteiger partial charge in [-0.05, 0) is 68.5 Å². The molecule has 0 radical (unpaired) electrons. The van der Waals surface area contributed by atoms with Crippen molar-refractivity contribution >= 4 is 17.8 Å². The van der Waals surface area contributed by atoms with Crippen LogP contribution >= 0.6 is 0 Å². The fourth-order valence-electron chi connectivity index (χ4n) is 4.16. The van der Waals surface area contributed by atoms with E-state index in [1.807, 2.05) is 6.92 Å². The number of carbonyl (C=O) groups excluding carboxylic acids is 2. The lowest BCUT2D eigenvalue weighted by atomic mass is 10.0. The monoisotopic (exact) mass is 494 g/mol. The SMILES string of the molecule is CC1CC1C(=O)Nc1cc(-c2ccc(O[C@H]3CCN(C(=O)OC(C)(C)C)C[C@H]3F)c(C#N)c2)ccn1. The molecule has 2 aliphatic rings. The normalized spacial score (nSPS) is 23.4. The second-order valence-corrected chi connectivity index (χ2v) is 10.4. The Bertz CT molecular complexity index is 1190. The van der Waals surface area contributed by atoms with Gasteiger partial charge in [0.15, 0.2) is 6.17 Å². The summed E-state index contributed by atoms with van der Waals surface area (Å²) in [6, 6.07) is 10.8. The third-order valence-corrected chi connectivity index (χ3v) is 6.30. The Hall–Kier alpha value is -3.67. The van der Waals surface area contributed by atoms with Crippen molar-refractivity contribution in [3.05, 3.63) is 42.1 Å². The van der Waals surface area contributed by atoms with Crippen LogP contribution in [0.15, 0.2) is 36.5 Å². The molecule has 4 rings (SSSR count). The lowest BCUT2D eigenvalue weighted by molar-refractivity contribution is -0.117. The summed E-state index contributed by atoms with van der Waals surface area (Å²) >= 11 is 0. The van der Waals surface area contributed by atoms with E-state index in [0.29, 0.717) is 18.3 Å². The number of pyridine rings is 1. The molecule has 0 spiro atoms. The molecule has 9 heteroatoms. The first-order chi connectivity index (χ1) is 17.0. The Kier molecular flexibility index (Phi) is 7.16. The van der Waals surface area contributed by atoms with E-state index in [1.165, 1.54) is 4.90 Å². The van der Waals surface area contributed by atoms with Crippen LogP contribution in [-0.2, 0) is 9.53 Å². The minimum Gasteiger partial charge on any atom is -0.486 e. The number of anilines is 1. The number of aromatic nitrogens is 1. The van der Waals surface area contributed by atoms with Crippen molar-refractivity contribution < 1.29 is 23.5 Å². The molecule has 0 bridgehead atoms. The number of hydrogen-bond donors (Lipinski definition) is 1. The Morgan fingerprint density at radius 1 is 1.22 bits per heavy atom. The predicted octanol–water partition coefficient (Wildman–Crippen LogP) is 4.94. The van der Waals surface area contributed by atoms with Gasteiger partial charge in [0.05, 0.1) is 12.1 Å². The number of alkyl halides is 1. The van der Waals surface area contributed by atoms with Gasteiger partial charge in [-0.15, -0.1) is 0 Å². The van der Waals surface area contributed by atoms with E-state index >= 15 is 0 Å². The summed E-state index contributed by atoms with van der Waals surface area (Å²) in [4.78, 5) is 30.1. The van der Waals surface area contributed by atoms with Crippen LogP contribution in [0.4, 0.5) is 15.0 Å². The molecular formula is C27H31FN4O4.